The molecule has 102 valence electrons. The summed E-state index contributed by atoms with van der Waals surface area (Å²) in [6, 6.07) is 0.400. The third-order valence-electron chi connectivity index (χ3n) is 3.62. The lowest BCUT2D eigenvalue weighted by Gasteiger charge is -2.29. The van der Waals surface area contributed by atoms with Crippen molar-refractivity contribution in [1.82, 2.24) is 5.32 Å². The van der Waals surface area contributed by atoms with Crippen molar-refractivity contribution in [2.75, 3.05) is 19.1 Å². The van der Waals surface area contributed by atoms with Crippen molar-refractivity contribution in [1.29, 1.82) is 0 Å². The Hall–Kier alpha value is 0.260. The first-order valence-electron chi connectivity index (χ1n) is 6.38. The molecular formula is C12H25NO2S2. The van der Waals surface area contributed by atoms with Crippen LogP contribution in [-0.4, -0.2) is 44.0 Å². The van der Waals surface area contributed by atoms with Crippen LogP contribution in [-0.2, 0) is 9.84 Å². The summed E-state index contributed by atoms with van der Waals surface area (Å²) in [5, 5.41) is 4.07. The molecule has 17 heavy (non-hydrogen) atoms. The molecular weight excluding hydrogens is 254 g/mol. The van der Waals surface area contributed by atoms with E-state index in [1.165, 1.54) is 6.26 Å². The summed E-state index contributed by atoms with van der Waals surface area (Å²) in [7, 11) is -2.85. The van der Waals surface area contributed by atoms with Crippen molar-refractivity contribution < 1.29 is 8.42 Å². The molecule has 0 aliphatic heterocycles. The van der Waals surface area contributed by atoms with Crippen LogP contribution in [0.2, 0.25) is 0 Å². The van der Waals surface area contributed by atoms with E-state index in [2.05, 4.69) is 18.5 Å². The van der Waals surface area contributed by atoms with Gasteiger partial charge in [0.25, 0.3) is 0 Å². The minimum atomic E-state index is -2.85. The molecule has 0 aromatic rings. The molecule has 0 spiro atoms. The third-order valence-corrected chi connectivity index (χ3v) is 6.30. The van der Waals surface area contributed by atoms with Gasteiger partial charge < -0.3 is 5.32 Å². The number of sulfone groups is 1. The van der Waals surface area contributed by atoms with Gasteiger partial charge in [-0.05, 0) is 38.5 Å². The Kier molecular flexibility index (Phi) is 6.31. The van der Waals surface area contributed by atoms with E-state index in [1.54, 1.807) is 0 Å². The van der Waals surface area contributed by atoms with Crippen LogP contribution in [0.25, 0.3) is 0 Å². The fraction of sp³-hybridized carbons (Fsp3) is 1.00. The Morgan fingerprint density at radius 3 is 2.71 bits per heavy atom. The highest BCUT2D eigenvalue weighted by atomic mass is 32.2. The van der Waals surface area contributed by atoms with Crippen molar-refractivity contribution >= 4 is 21.6 Å². The molecule has 3 nitrogen and oxygen atoms in total. The van der Waals surface area contributed by atoms with Gasteiger partial charge in [-0.25, -0.2) is 8.42 Å². The van der Waals surface area contributed by atoms with Crippen LogP contribution in [0, 0.1) is 0 Å². The molecule has 0 saturated heterocycles. The predicted molar refractivity (Wildman–Crippen MR) is 76.5 cm³/mol. The summed E-state index contributed by atoms with van der Waals surface area (Å²) in [5.74, 6) is 0. The van der Waals surface area contributed by atoms with E-state index in [-0.39, 0.29) is 5.25 Å². The van der Waals surface area contributed by atoms with Gasteiger partial charge in [-0.3, -0.25) is 0 Å². The predicted octanol–water partition coefficient (Wildman–Crippen LogP) is 2.07. The van der Waals surface area contributed by atoms with Gasteiger partial charge in [0.05, 0.1) is 5.25 Å². The van der Waals surface area contributed by atoms with Crippen LogP contribution in [0.15, 0.2) is 0 Å². The molecule has 0 aromatic carbocycles. The number of thioether (sulfide) groups is 1. The van der Waals surface area contributed by atoms with E-state index in [0.717, 1.165) is 38.6 Å². The fourth-order valence-electron chi connectivity index (χ4n) is 2.33. The average molecular weight is 279 g/mol. The molecule has 1 rings (SSSR count). The minimum absolute atomic E-state index is 0.119. The molecule has 0 bridgehead atoms. The second kappa shape index (κ2) is 7.00. The van der Waals surface area contributed by atoms with E-state index in [0.29, 0.717) is 11.3 Å². The second-order valence-corrected chi connectivity index (χ2v) is 8.71. The van der Waals surface area contributed by atoms with Crippen molar-refractivity contribution in [3.63, 3.8) is 0 Å². The van der Waals surface area contributed by atoms with E-state index >= 15 is 0 Å². The first-order valence-corrected chi connectivity index (χ1v) is 9.62. The van der Waals surface area contributed by atoms with Gasteiger partial charge in [0.1, 0.15) is 9.84 Å². The number of hydrogen-bond donors (Lipinski definition) is 1. The summed E-state index contributed by atoms with van der Waals surface area (Å²) in [5.41, 5.74) is 0. The van der Waals surface area contributed by atoms with Crippen LogP contribution < -0.4 is 5.32 Å². The first-order chi connectivity index (χ1) is 7.93. The van der Waals surface area contributed by atoms with Gasteiger partial charge in [0, 0.05) is 17.5 Å². The lowest BCUT2D eigenvalue weighted by Crippen LogP contribution is -2.39. The Labute approximate surface area is 110 Å². The first kappa shape index (κ1) is 15.3. The molecule has 1 saturated carbocycles. The molecule has 1 aliphatic carbocycles. The van der Waals surface area contributed by atoms with Gasteiger partial charge in [0.15, 0.2) is 0 Å². The highest BCUT2D eigenvalue weighted by Gasteiger charge is 2.28. The molecule has 3 atom stereocenters. The molecule has 5 heteroatoms. The average Bonchev–Trinajstić information content (AvgIpc) is 2.28. The monoisotopic (exact) mass is 279 g/mol. The smallest absolute Gasteiger partial charge is 0.150 e. The maximum atomic E-state index is 11.5. The van der Waals surface area contributed by atoms with Crippen LogP contribution in [0.5, 0.6) is 0 Å². The summed E-state index contributed by atoms with van der Waals surface area (Å²) < 4.78 is 23.1. The Morgan fingerprint density at radius 1 is 1.41 bits per heavy atom. The normalized spacial score (nSPS) is 27.9. The maximum Gasteiger partial charge on any atom is 0.150 e. The van der Waals surface area contributed by atoms with Crippen molar-refractivity contribution in [3.8, 4) is 0 Å². The van der Waals surface area contributed by atoms with Crippen LogP contribution in [0.1, 0.15) is 39.0 Å². The molecule has 0 amide bonds. The van der Waals surface area contributed by atoms with Gasteiger partial charge >= 0.3 is 0 Å². The van der Waals surface area contributed by atoms with E-state index in [1.807, 2.05) is 11.8 Å². The van der Waals surface area contributed by atoms with Gasteiger partial charge in [-0.1, -0.05) is 13.3 Å². The van der Waals surface area contributed by atoms with Gasteiger partial charge in [0.2, 0.25) is 0 Å². The van der Waals surface area contributed by atoms with Crippen LogP contribution in [0.4, 0.5) is 0 Å². The fourth-order valence-corrected chi connectivity index (χ4v) is 3.86. The zero-order valence-corrected chi connectivity index (χ0v) is 12.7. The molecule has 1 fully saturated rings. The quantitative estimate of drug-likeness (QED) is 0.808. The highest BCUT2D eigenvalue weighted by molar-refractivity contribution is 7.99. The van der Waals surface area contributed by atoms with Crippen molar-refractivity contribution in [2.24, 2.45) is 0 Å². The highest BCUT2D eigenvalue weighted by Crippen LogP contribution is 2.23. The van der Waals surface area contributed by atoms with E-state index < -0.39 is 9.84 Å². The lowest BCUT2D eigenvalue weighted by molar-refractivity contribution is 0.371. The topological polar surface area (TPSA) is 46.2 Å². The molecule has 1 N–H and O–H groups in total. The zero-order chi connectivity index (χ0) is 12.9. The summed E-state index contributed by atoms with van der Waals surface area (Å²) in [4.78, 5) is 0. The number of rotatable bonds is 6. The van der Waals surface area contributed by atoms with Crippen LogP contribution in [0.3, 0.4) is 0 Å². The Morgan fingerprint density at radius 2 is 2.12 bits per heavy atom. The van der Waals surface area contributed by atoms with Gasteiger partial charge in [-0.15, -0.1) is 0 Å². The second-order valence-electron chi connectivity index (χ2n) is 5.10. The van der Waals surface area contributed by atoms with E-state index in [9.17, 15) is 8.42 Å². The van der Waals surface area contributed by atoms with Gasteiger partial charge in [-0.2, -0.15) is 11.8 Å². The number of nitrogens with one attached hydrogen (secondary N) is 1. The zero-order valence-electron chi connectivity index (χ0n) is 11.1. The summed E-state index contributed by atoms with van der Waals surface area (Å²) >= 11 is 1.88. The molecule has 3 unspecified atom stereocenters. The molecule has 1 aliphatic rings. The maximum absolute atomic E-state index is 11.5. The largest absolute Gasteiger partial charge is 0.314 e. The molecule has 0 radical (unpaired) electrons. The minimum Gasteiger partial charge on any atom is -0.314 e. The Balaban J connectivity index is 2.30. The van der Waals surface area contributed by atoms with E-state index in [4.69, 9.17) is 0 Å². The third kappa shape index (κ3) is 5.62. The molecule has 0 aromatic heterocycles. The van der Waals surface area contributed by atoms with Crippen molar-refractivity contribution in [2.45, 2.75) is 55.6 Å². The van der Waals surface area contributed by atoms with Crippen LogP contribution >= 0.6 is 11.8 Å². The summed E-state index contributed by atoms with van der Waals surface area (Å²) in [6.45, 7) is 3.23. The SMILES string of the molecule is CSC(C)CCNC1CCCC(S(C)(=O)=O)C1. The summed E-state index contributed by atoms with van der Waals surface area (Å²) in [6.07, 6.45) is 8.46. The lowest BCUT2D eigenvalue weighted by atomic mass is 9.95. The molecule has 0 heterocycles. The van der Waals surface area contributed by atoms with Crippen molar-refractivity contribution in [3.05, 3.63) is 0 Å². The Bertz CT molecular complexity index is 316. The number of hydrogen-bond acceptors (Lipinski definition) is 4. The standard InChI is InChI=1S/C12H25NO2S2/c1-10(16-2)7-8-13-11-5-4-6-12(9-11)17(3,14)15/h10-13H,4-9H2,1-3H3.